The molecule has 3 aliphatic rings. The van der Waals surface area contributed by atoms with E-state index in [0.29, 0.717) is 18.6 Å². The Labute approximate surface area is 186 Å². The molecule has 3 aromatic rings. The van der Waals surface area contributed by atoms with Gasteiger partial charge >= 0.3 is 6.03 Å². The molecule has 2 amide bonds. The Bertz CT molecular complexity index is 1140. The number of hydrogen-bond donors (Lipinski definition) is 2. The van der Waals surface area contributed by atoms with E-state index in [1.165, 1.54) is 30.4 Å². The first kappa shape index (κ1) is 20.0. The van der Waals surface area contributed by atoms with Crippen molar-refractivity contribution < 1.29 is 4.79 Å². The van der Waals surface area contributed by atoms with Gasteiger partial charge in [0, 0.05) is 49.2 Å². The lowest BCUT2D eigenvalue weighted by Crippen LogP contribution is -2.51. The van der Waals surface area contributed by atoms with Crippen molar-refractivity contribution in [2.24, 2.45) is 0 Å². The molecule has 6 rings (SSSR count). The molecule has 0 aromatic carbocycles. The highest BCUT2D eigenvalue weighted by molar-refractivity contribution is 6.03. The zero-order valence-corrected chi connectivity index (χ0v) is 18.1. The molecule has 0 saturated carbocycles. The van der Waals surface area contributed by atoms with E-state index in [2.05, 4.69) is 36.7 Å². The number of halogens is 1. The second-order valence-electron chi connectivity index (χ2n) is 8.44. The SMILES string of the molecule is Cc1cc2ncnn2cc1NC(=O)N1CCc2c(N3CC4CCC(C3)N4)ccnc21.Cl. The quantitative estimate of drug-likeness (QED) is 0.636. The molecule has 9 nitrogen and oxygen atoms in total. The number of fused-ring (bicyclic) bond motifs is 4. The summed E-state index contributed by atoms with van der Waals surface area (Å²) in [6.45, 7) is 4.64. The number of anilines is 3. The van der Waals surface area contributed by atoms with Gasteiger partial charge in [0.05, 0.1) is 11.9 Å². The number of aryl methyl sites for hydroxylation is 1. The van der Waals surface area contributed by atoms with E-state index in [-0.39, 0.29) is 18.4 Å². The third kappa shape index (κ3) is 3.37. The Hall–Kier alpha value is -2.91. The van der Waals surface area contributed by atoms with Crippen molar-refractivity contribution in [2.45, 2.75) is 38.3 Å². The summed E-state index contributed by atoms with van der Waals surface area (Å²) in [6, 6.07) is 5.00. The Morgan fingerprint density at radius 1 is 1.23 bits per heavy atom. The van der Waals surface area contributed by atoms with Crippen molar-refractivity contribution in [1.29, 1.82) is 0 Å². The van der Waals surface area contributed by atoms with Crippen LogP contribution < -0.4 is 20.4 Å². The van der Waals surface area contributed by atoms with Crippen LogP contribution in [0.2, 0.25) is 0 Å². The maximum Gasteiger partial charge on any atom is 0.327 e. The number of amides is 2. The summed E-state index contributed by atoms with van der Waals surface area (Å²) in [4.78, 5) is 26.1. The second kappa shape index (κ2) is 7.65. The first-order valence-corrected chi connectivity index (χ1v) is 10.5. The monoisotopic (exact) mass is 440 g/mol. The number of pyridine rings is 2. The van der Waals surface area contributed by atoms with E-state index in [1.54, 1.807) is 15.6 Å². The summed E-state index contributed by atoms with van der Waals surface area (Å²) in [5.41, 5.74) is 4.84. The van der Waals surface area contributed by atoms with Crippen LogP contribution >= 0.6 is 12.4 Å². The van der Waals surface area contributed by atoms with Crippen molar-refractivity contribution in [2.75, 3.05) is 34.8 Å². The minimum absolute atomic E-state index is 0. The molecule has 31 heavy (non-hydrogen) atoms. The molecular weight excluding hydrogens is 416 g/mol. The fourth-order valence-electron chi connectivity index (χ4n) is 5.03. The van der Waals surface area contributed by atoms with Crippen LogP contribution in [0.15, 0.2) is 30.9 Å². The number of aromatic nitrogens is 4. The van der Waals surface area contributed by atoms with E-state index in [4.69, 9.17) is 0 Å². The smallest absolute Gasteiger partial charge is 0.327 e. The molecule has 0 aliphatic carbocycles. The van der Waals surface area contributed by atoms with Crippen LogP contribution in [-0.2, 0) is 6.42 Å². The van der Waals surface area contributed by atoms with Gasteiger partial charge in [-0.1, -0.05) is 0 Å². The first-order valence-electron chi connectivity index (χ1n) is 10.5. The molecule has 3 aliphatic heterocycles. The van der Waals surface area contributed by atoms with Gasteiger partial charge in [-0.2, -0.15) is 5.10 Å². The van der Waals surface area contributed by atoms with Gasteiger partial charge in [-0.05, 0) is 43.9 Å². The van der Waals surface area contributed by atoms with Crippen LogP contribution in [0.4, 0.5) is 22.0 Å². The molecule has 10 heteroatoms. The number of carbonyl (C=O) groups excluding carboxylic acids is 1. The largest absolute Gasteiger partial charge is 0.368 e. The van der Waals surface area contributed by atoms with E-state index in [9.17, 15) is 4.79 Å². The number of hydrogen-bond acceptors (Lipinski definition) is 6. The van der Waals surface area contributed by atoms with Crippen LogP contribution in [0.25, 0.3) is 5.65 Å². The van der Waals surface area contributed by atoms with Crippen molar-refractivity contribution in [3.63, 3.8) is 0 Å². The lowest BCUT2D eigenvalue weighted by atomic mass is 10.1. The van der Waals surface area contributed by atoms with Gasteiger partial charge in [-0.25, -0.2) is 19.3 Å². The molecule has 0 spiro atoms. The number of piperazine rings is 1. The van der Waals surface area contributed by atoms with E-state index >= 15 is 0 Å². The van der Waals surface area contributed by atoms with Gasteiger partial charge in [-0.15, -0.1) is 12.4 Å². The third-order valence-corrected chi connectivity index (χ3v) is 6.52. The summed E-state index contributed by atoms with van der Waals surface area (Å²) in [5, 5.41) is 10.9. The van der Waals surface area contributed by atoms with Crippen molar-refractivity contribution >= 4 is 41.3 Å². The molecule has 2 bridgehead atoms. The molecule has 2 N–H and O–H groups in total. The van der Waals surface area contributed by atoms with Gasteiger partial charge in [0.15, 0.2) is 5.65 Å². The fraction of sp³-hybridized carbons (Fsp3) is 0.429. The lowest BCUT2D eigenvalue weighted by molar-refractivity contribution is 0.257. The number of carbonyl (C=O) groups is 1. The highest BCUT2D eigenvalue weighted by Crippen LogP contribution is 2.36. The molecule has 2 atom stereocenters. The van der Waals surface area contributed by atoms with Crippen LogP contribution in [-0.4, -0.2) is 57.3 Å². The molecule has 162 valence electrons. The van der Waals surface area contributed by atoms with Crippen molar-refractivity contribution in [3.05, 3.63) is 42.0 Å². The zero-order chi connectivity index (χ0) is 20.2. The van der Waals surface area contributed by atoms with Crippen LogP contribution in [0.1, 0.15) is 24.0 Å². The number of urea groups is 1. The number of nitrogens with zero attached hydrogens (tertiary/aromatic N) is 6. The summed E-state index contributed by atoms with van der Waals surface area (Å²) >= 11 is 0. The molecule has 2 fully saturated rings. The Balaban J connectivity index is 0.00000204. The van der Waals surface area contributed by atoms with Crippen molar-refractivity contribution in [3.8, 4) is 0 Å². The molecule has 2 saturated heterocycles. The van der Waals surface area contributed by atoms with Crippen LogP contribution in [0, 0.1) is 6.92 Å². The predicted octanol–water partition coefficient (Wildman–Crippen LogP) is 2.39. The summed E-state index contributed by atoms with van der Waals surface area (Å²) in [7, 11) is 0. The van der Waals surface area contributed by atoms with Gasteiger partial charge in [0.25, 0.3) is 0 Å². The topological polar surface area (TPSA) is 90.7 Å². The average Bonchev–Trinajstić information content (AvgIpc) is 3.46. The van der Waals surface area contributed by atoms with Gasteiger partial charge in [-0.3, -0.25) is 4.90 Å². The van der Waals surface area contributed by atoms with Crippen LogP contribution in [0.5, 0.6) is 0 Å². The zero-order valence-electron chi connectivity index (χ0n) is 17.3. The van der Waals surface area contributed by atoms with Crippen LogP contribution in [0.3, 0.4) is 0 Å². The number of rotatable bonds is 2. The van der Waals surface area contributed by atoms with Crippen molar-refractivity contribution in [1.82, 2.24) is 24.9 Å². The average molecular weight is 441 g/mol. The van der Waals surface area contributed by atoms with E-state index in [1.807, 2.05) is 19.2 Å². The molecule has 0 radical (unpaired) electrons. The first-order chi connectivity index (χ1) is 14.7. The summed E-state index contributed by atoms with van der Waals surface area (Å²) in [5.74, 6) is 0.773. The second-order valence-corrected chi connectivity index (χ2v) is 8.44. The van der Waals surface area contributed by atoms with Gasteiger partial charge < -0.3 is 15.5 Å². The Morgan fingerprint density at radius 3 is 2.84 bits per heavy atom. The highest BCUT2D eigenvalue weighted by Gasteiger charge is 2.35. The lowest BCUT2D eigenvalue weighted by Gasteiger charge is -2.35. The normalized spacial score (nSPS) is 21.8. The minimum Gasteiger partial charge on any atom is -0.368 e. The van der Waals surface area contributed by atoms with Gasteiger partial charge in [0.1, 0.15) is 12.1 Å². The van der Waals surface area contributed by atoms with Gasteiger partial charge in [0.2, 0.25) is 0 Å². The molecule has 2 unspecified atom stereocenters. The summed E-state index contributed by atoms with van der Waals surface area (Å²) in [6.07, 6.45) is 8.46. The molecule has 6 heterocycles. The minimum atomic E-state index is -0.165. The van der Waals surface area contributed by atoms with E-state index in [0.717, 1.165) is 42.2 Å². The maximum atomic E-state index is 13.1. The van der Waals surface area contributed by atoms with E-state index < -0.39 is 0 Å². The standard InChI is InChI=1S/C21H24N8O.ClH/c1-13-8-19-23-12-24-29(19)11-17(13)26-21(30)28-7-5-16-18(4-6-22-20(16)28)27-9-14-2-3-15(10-27)25-14;/h4,6,8,11-12,14-15,25H,2-3,5,7,9-10H2,1H3,(H,26,30);1H. The third-order valence-electron chi connectivity index (χ3n) is 6.52. The Kier molecular flexibility index (Phi) is 4.94. The Morgan fingerprint density at radius 2 is 2.03 bits per heavy atom. The molecule has 3 aromatic heterocycles. The highest BCUT2D eigenvalue weighted by atomic mass is 35.5. The predicted molar refractivity (Wildman–Crippen MR) is 121 cm³/mol. The fourth-order valence-corrected chi connectivity index (χ4v) is 5.03. The number of nitrogens with one attached hydrogen (secondary N) is 2. The molecular formula is C21H25ClN8O. The maximum absolute atomic E-state index is 13.1. The summed E-state index contributed by atoms with van der Waals surface area (Å²) < 4.78 is 1.66.